The normalized spacial score (nSPS) is 11.5. The van der Waals surface area contributed by atoms with Crippen molar-refractivity contribution >= 4 is 17.7 Å². The molecule has 0 spiro atoms. The number of hydrogen-bond acceptors (Lipinski definition) is 3. The third-order valence-corrected chi connectivity index (χ3v) is 2.34. The zero-order valence-corrected chi connectivity index (χ0v) is 8.32. The van der Waals surface area contributed by atoms with Gasteiger partial charge in [-0.15, -0.1) is 11.8 Å². The van der Waals surface area contributed by atoms with Gasteiger partial charge in [0, 0.05) is 11.1 Å². The van der Waals surface area contributed by atoms with E-state index in [0.29, 0.717) is 6.20 Å². The minimum absolute atomic E-state index is 0.192. The first kappa shape index (κ1) is 11.8. The molecule has 0 radical (unpaired) electrons. The number of carbonyl (C=O) groups is 1. The Balaban J connectivity index is 3.27. The van der Waals surface area contributed by atoms with E-state index in [0.717, 1.165) is 17.8 Å². The summed E-state index contributed by atoms with van der Waals surface area (Å²) >= 11 is 0.808. The number of rotatable bonds is 2. The number of carboxylic acid groups (broad SMARTS) is 1. The van der Waals surface area contributed by atoms with Gasteiger partial charge >= 0.3 is 12.1 Å². The minimum Gasteiger partial charge on any atom is -0.478 e. The number of carboxylic acids is 1. The van der Waals surface area contributed by atoms with Gasteiger partial charge in [0.1, 0.15) is 0 Å². The molecule has 0 aliphatic heterocycles. The summed E-state index contributed by atoms with van der Waals surface area (Å²) in [6.45, 7) is 0. The number of thioether (sulfide) groups is 1. The van der Waals surface area contributed by atoms with E-state index < -0.39 is 17.8 Å². The van der Waals surface area contributed by atoms with Crippen molar-refractivity contribution < 1.29 is 23.1 Å². The largest absolute Gasteiger partial charge is 0.478 e. The molecule has 7 heteroatoms. The molecule has 0 saturated heterocycles. The van der Waals surface area contributed by atoms with Gasteiger partial charge in [-0.2, -0.15) is 13.2 Å². The van der Waals surface area contributed by atoms with Gasteiger partial charge in [-0.1, -0.05) is 0 Å². The highest BCUT2D eigenvalue weighted by atomic mass is 32.2. The molecular formula is C8H6F3NO2S. The molecule has 3 nitrogen and oxygen atoms in total. The predicted molar refractivity (Wildman–Crippen MR) is 48.0 cm³/mol. The Morgan fingerprint density at radius 2 is 2.13 bits per heavy atom. The van der Waals surface area contributed by atoms with Crippen molar-refractivity contribution in [3.63, 3.8) is 0 Å². The first-order valence-electron chi connectivity index (χ1n) is 3.70. The number of pyridine rings is 1. The van der Waals surface area contributed by atoms with Crippen molar-refractivity contribution in [3.8, 4) is 0 Å². The smallest absolute Gasteiger partial charge is 0.434 e. The van der Waals surface area contributed by atoms with Gasteiger partial charge in [0.2, 0.25) is 0 Å². The fourth-order valence-corrected chi connectivity index (χ4v) is 1.54. The summed E-state index contributed by atoms with van der Waals surface area (Å²) in [7, 11) is 0. The monoisotopic (exact) mass is 237 g/mol. The SMILES string of the molecule is CSc1cc(C(=O)O)cnc1C(F)(F)F. The second-order valence-electron chi connectivity index (χ2n) is 2.58. The molecule has 1 aromatic rings. The highest BCUT2D eigenvalue weighted by Gasteiger charge is 2.35. The maximum atomic E-state index is 12.3. The Labute approximate surface area is 87.3 Å². The van der Waals surface area contributed by atoms with E-state index in [1.54, 1.807) is 0 Å². The van der Waals surface area contributed by atoms with Crippen LogP contribution in [0, 0.1) is 0 Å². The summed E-state index contributed by atoms with van der Waals surface area (Å²) < 4.78 is 37.0. The molecule has 1 aromatic heterocycles. The number of halogens is 3. The van der Waals surface area contributed by atoms with Gasteiger partial charge in [-0.25, -0.2) is 9.78 Å². The van der Waals surface area contributed by atoms with Gasteiger partial charge in [-0.3, -0.25) is 0 Å². The first-order valence-corrected chi connectivity index (χ1v) is 4.93. The topological polar surface area (TPSA) is 50.2 Å². The van der Waals surface area contributed by atoms with Crippen LogP contribution in [0.15, 0.2) is 17.2 Å². The Bertz CT molecular complexity index is 392. The van der Waals surface area contributed by atoms with E-state index in [9.17, 15) is 18.0 Å². The molecule has 0 saturated carbocycles. The summed E-state index contributed by atoms with van der Waals surface area (Å²) in [5.41, 5.74) is -1.31. The second-order valence-corrected chi connectivity index (χ2v) is 3.43. The van der Waals surface area contributed by atoms with Gasteiger partial charge in [0.05, 0.1) is 5.56 Å². The van der Waals surface area contributed by atoms with Crippen LogP contribution < -0.4 is 0 Å². The van der Waals surface area contributed by atoms with E-state index in [2.05, 4.69) is 4.98 Å². The molecule has 0 aromatic carbocycles. The lowest BCUT2D eigenvalue weighted by Gasteiger charge is -2.10. The fraction of sp³-hybridized carbons (Fsp3) is 0.250. The second kappa shape index (κ2) is 4.09. The quantitative estimate of drug-likeness (QED) is 0.803. The molecule has 82 valence electrons. The van der Waals surface area contributed by atoms with Crippen LogP contribution in [-0.4, -0.2) is 22.3 Å². The molecular weight excluding hydrogens is 231 g/mol. The van der Waals surface area contributed by atoms with Crippen LogP contribution in [-0.2, 0) is 6.18 Å². The van der Waals surface area contributed by atoms with Crippen LogP contribution >= 0.6 is 11.8 Å². The molecule has 0 fully saturated rings. The lowest BCUT2D eigenvalue weighted by atomic mass is 10.2. The van der Waals surface area contributed by atoms with Crippen LogP contribution in [0.2, 0.25) is 0 Å². The van der Waals surface area contributed by atoms with Crippen molar-refractivity contribution in [3.05, 3.63) is 23.5 Å². The van der Waals surface area contributed by atoms with Crippen LogP contribution in [0.25, 0.3) is 0 Å². The van der Waals surface area contributed by atoms with Crippen LogP contribution in [0.5, 0.6) is 0 Å². The Hall–Kier alpha value is -1.24. The van der Waals surface area contributed by atoms with Gasteiger partial charge < -0.3 is 5.11 Å². The molecule has 1 N–H and O–H groups in total. The summed E-state index contributed by atoms with van der Waals surface area (Å²) in [4.78, 5) is 13.4. The van der Waals surface area contributed by atoms with Gasteiger partial charge in [0.15, 0.2) is 5.69 Å². The zero-order chi connectivity index (χ0) is 11.6. The number of hydrogen-bond donors (Lipinski definition) is 1. The third kappa shape index (κ3) is 2.62. The van der Waals surface area contributed by atoms with E-state index in [-0.39, 0.29) is 10.5 Å². The molecule has 0 unspecified atom stereocenters. The van der Waals surface area contributed by atoms with E-state index in [4.69, 9.17) is 5.11 Å². The molecule has 0 amide bonds. The average Bonchev–Trinajstić information content (AvgIpc) is 2.15. The lowest BCUT2D eigenvalue weighted by Crippen LogP contribution is -2.11. The standard InChI is InChI=1S/C8H6F3NO2S/c1-15-5-2-4(7(13)14)3-12-6(5)8(9,10)11/h2-3H,1H3,(H,13,14). The first-order chi connectivity index (χ1) is 6.86. The number of alkyl halides is 3. The minimum atomic E-state index is -4.56. The summed E-state index contributed by atoms with van der Waals surface area (Å²) in [5.74, 6) is -1.30. The number of aromatic carboxylic acids is 1. The lowest BCUT2D eigenvalue weighted by molar-refractivity contribution is -0.143. The molecule has 0 aliphatic rings. The Morgan fingerprint density at radius 1 is 1.53 bits per heavy atom. The molecule has 0 aliphatic carbocycles. The van der Waals surface area contributed by atoms with Gasteiger partial charge in [0.25, 0.3) is 0 Å². The van der Waals surface area contributed by atoms with E-state index in [1.165, 1.54) is 6.26 Å². The predicted octanol–water partition coefficient (Wildman–Crippen LogP) is 2.52. The summed E-state index contributed by atoms with van der Waals surface area (Å²) in [6, 6.07) is 0.961. The van der Waals surface area contributed by atoms with Crippen LogP contribution in [0.1, 0.15) is 16.1 Å². The third-order valence-electron chi connectivity index (χ3n) is 1.59. The fourth-order valence-electron chi connectivity index (χ4n) is 0.930. The number of nitrogens with zero attached hydrogens (tertiary/aromatic N) is 1. The van der Waals surface area contributed by atoms with Crippen LogP contribution in [0.4, 0.5) is 13.2 Å². The number of aromatic nitrogens is 1. The van der Waals surface area contributed by atoms with Crippen molar-refractivity contribution in [1.29, 1.82) is 0 Å². The molecule has 1 rings (SSSR count). The Kier molecular flexibility index (Phi) is 3.23. The molecule has 0 bridgehead atoms. The van der Waals surface area contributed by atoms with E-state index >= 15 is 0 Å². The Morgan fingerprint density at radius 3 is 2.53 bits per heavy atom. The zero-order valence-electron chi connectivity index (χ0n) is 7.50. The van der Waals surface area contributed by atoms with E-state index in [1.807, 2.05) is 0 Å². The van der Waals surface area contributed by atoms with Crippen molar-refractivity contribution in [1.82, 2.24) is 4.98 Å². The van der Waals surface area contributed by atoms with Crippen molar-refractivity contribution in [2.75, 3.05) is 6.26 Å². The van der Waals surface area contributed by atoms with Crippen molar-refractivity contribution in [2.24, 2.45) is 0 Å². The van der Waals surface area contributed by atoms with Crippen LogP contribution in [0.3, 0.4) is 0 Å². The summed E-state index contributed by atoms with van der Waals surface area (Å²) in [5, 5.41) is 8.57. The molecule has 1 heterocycles. The maximum Gasteiger partial charge on any atom is 0.434 e. The van der Waals surface area contributed by atoms with Gasteiger partial charge in [-0.05, 0) is 12.3 Å². The molecule has 0 atom stereocenters. The van der Waals surface area contributed by atoms with Crippen molar-refractivity contribution in [2.45, 2.75) is 11.1 Å². The summed E-state index contributed by atoms with van der Waals surface area (Å²) in [6.07, 6.45) is -2.43. The maximum absolute atomic E-state index is 12.3. The highest BCUT2D eigenvalue weighted by Crippen LogP contribution is 2.34. The average molecular weight is 237 g/mol. The highest BCUT2D eigenvalue weighted by molar-refractivity contribution is 7.98. The molecule has 15 heavy (non-hydrogen) atoms.